The minimum Gasteiger partial charge on any atom is -0.477 e. The minimum absolute atomic E-state index is 0.377. The molecule has 1 fully saturated rings. The molecule has 3 rings (SSSR count). The zero-order chi connectivity index (χ0) is 18.4. The molecule has 1 atom stereocenters. The first-order chi connectivity index (χ1) is 12.6. The molecule has 2 heterocycles. The molecule has 26 heavy (non-hydrogen) atoms. The number of rotatable bonds is 5. The summed E-state index contributed by atoms with van der Waals surface area (Å²) >= 11 is 5.95. The number of halogens is 1. The molecule has 1 aromatic carbocycles. The van der Waals surface area contributed by atoms with Crippen LogP contribution in [0.3, 0.4) is 0 Å². The summed E-state index contributed by atoms with van der Waals surface area (Å²) in [4.78, 5) is 0. The van der Waals surface area contributed by atoms with Crippen LogP contribution >= 0.6 is 11.6 Å². The number of nitrogens with one attached hydrogen (secondary N) is 3. The lowest BCUT2D eigenvalue weighted by molar-refractivity contribution is 0.143. The summed E-state index contributed by atoms with van der Waals surface area (Å²) in [6, 6.07) is 7.57. The van der Waals surface area contributed by atoms with Crippen LogP contribution in [0.4, 0.5) is 0 Å². The van der Waals surface area contributed by atoms with Gasteiger partial charge in [-0.3, -0.25) is 0 Å². The van der Waals surface area contributed by atoms with Crippen LogP contribution in [0.1, 0.15) is 18.4 Å². The second-order valence-electron chi connectivity index (χ2n) is 6.47. The first-order valence-corrected chi connectivity index (χ1v) is 9.19. The summed E-state index contributed by atoms with van der Waals surface area (Å²) in [5, 5.41) is 10.4. The molecular formula is C20H25ClN4O. The van der Waals surface area contributed by atoms with Gasteiger partial charge in [-0.2, -0.15) is 0 Å². The monoisotopic (exact) mass is 372 g/mol. The van der Waals surface area contributed by atoms with Crippen LogP contribution in [0.25, 0.3) is 5.57 Å². The zero-order valence-corrected chi connectivity index (χ0v) is 15.5. The molecule has 0 unspecified atom stereocenters. The van der Waals surface area contributed by atoms with Crippen molar-refractivity contribution in [2.45, 2.75) is 12.8 Å². The standard InChI is InChI=1S/C20H25ClN4O/c1-14(16-4-6-17(21)7-5-16)11-18-19(25-10-9-24-18)20(22)26-13-15-3-2-8-23-12-15/h4-7,9-11,15,23-25H,1-3,8,12-13,22H2/b18-11+,20-19-/t15-/m0/s1. The summed E-state index contributed by atoms with van der Waals surface area (Å²) in [7, 11) is 0. The Balaban J connectivity index is 1.72. The van der Waals surface area contributed by atoms with Gasteiger partial charge in [0.25, 0.3) is 0 Å². The molecule has 0 saturated carbocycles. The van der Waals surface area contributed by atoms with Crippen LogP contribution < -0.4 is 21.7 Å². The number of ether oxygens (including phenoxy) is 1. The van der Waals surface area contributed by atoms with Crippen LogP contribution in [0.2, 0.25) is 5.02 Å². The van der Waals surface area contributed by atoms with E-state index in [1.54, 1.807) is 6.20 Å². The molecule has 0 radical (unpaired) electrons. The molecule has 0 amide bonds. The number of allylic oxidation sites excluding steroid dienone is 2. The van der Waals surface area contributed by atoms with Crippen molar-refractivity contribution in [3.8, 4) is 0 Å². The number of benzene rings is 1. The second kappa shape index (κ2) is 8.83. The quantitative estimate of drug-likeness (QED) is 0.598. The number of hydrogen-bond acceptors (Lipinski definition) is 5. The highest BCUT2D eigenvalue weighted by molar-refractivity contribution is 6.30. The zero-order valence-electron chi connectivity index (χ0n) is 14.7. The molecule has 0 aliphatic carbocycles. The van der Waals surface area contributed by atoms with Crippen molar-refractivity contribution in [1.29, 1.82) is 0 Å². The predicted molar refractivity (Wildman–Crippen MR) is 107 cm³/mol. The summed E-state index contributed by atoms with van der Waals surface area (Å²) in [6.07, 6.45) is 7.88. The highest BCUT2D eigenvalue weighted by Gasteiger charge is 2.17. The van der Waals surface area contributed by atoms with E-state index in [-0.39, 0.29) is 0 Å². The van der Waals surface area contributed by atoms with Crippen LogP contribution in [0.15, 0.2) is 66.6 Å². The Bertz CT molecular complexity index is 731. The number of hydrogen-bond donors (Lipinski definition) is 4. The molecule has 138 valence electrons. The Morgan fingerprint density at radius 2 is 2.04 bits per heavy atom. The molecule has 5 N–H and O–H groups in total. The fourth-order valence-corrected chi connectivity index (χ4v) is 3.12. The summed E-state index contributed by atoms with van der Waals surface area (Å²) in [5.41, 5.74) is 9.57. The lowest BCUT2D eigenvalue weighted by Crippen LogP contribution is -2.33. The van der Waals surface area contributed by atoms with Crippen LogP contribution in [0, 0.1) is 5.92 Å². The van der Waals surface area contributed by atoms with Crippen LogP contribution in [-0.2, 0) is 4.74 Å². The topological polar surface area (TPSA) is 71.3 Å². The molecule has 2 aliphatic heterocycles. The average molecular weight is 373 g/mol. The first kappa shape index (κ1) is 18.4. The van der Waals surface area contributed by atoms with Gasteiger partial charge in [-0.1, -0.05) is 30.3 Å². The van der Waals surface area contributed by atoms with Crippen LogP contribution in [0.5, 0.6) is 0 Å². The van der Waals surface area contributed by atoms with E-state index in [1.807, 2.05) is 36.5 Å². The first-order valence-electron chi connectivity index (χ1n) is 8.82. The van der Waals surface area contributed by atoms with Gasteiger partial charge < -0.3 is 26.4 Å². The number of piperidine rings is 1. The van der Waals surface area contributed by atoms with Crippen molar-refractivity contribution >= 4 is 17.2 Å². The van der Waals surface area contributed by atoms with E-state index in [4.69, 9.17) is 22.1 Å². The van der Waals surface area contributed by atoms with Gasteiger partial charge in [0.05, 0.1) is 12.3 Å². The van der Waals surface area contributed by atoms with E-state index in [9.17, 15) is 0 Å². The van der Waals surface area contributed by atoms with Gasteiger partial charge >= 0.3 is 0 Å². The number of nitrogens with two attached hydrogens (primary N) is 1. The van der Waals surface area contributed by atoms with Gasteiger partial charge in [0, 0.05) is 29.9 Å². The predicted octanol–water partition coefficient (Wildman–Crippen LogP) is 3.05. The van der Waals surface area contributed by atoms with Crippen molar-refractivity contribution in [3.05, 3.63) is 77.2 Å². The van der Waals surface area contributed by atoms with Gasteiger partial charge in [0.2, 0.25) is 5.88 Å². The van der Waals surface area contributed by atoms with E-state index in [0.29, 0.717) is 29.1 Å². The molecule has 1 saturated heterocycles. The third-order valence-corrected chi connectivity index (χ3v) is 4.72. The third kappa shape index (κ3) is 4.84. The largest absolute Gasteiger partial charge is 0.477 e. The van der Waals surface area contributed by atoms with Crippen molar-refractivity contribution in [1.82, 2.24) is 16.0 Å². The molecule has 5 nitrogen and oxygen atoms in total. The highest BCUT2D eigenvalue weighted by Crippen LogP contribution is 2.21. The molecule has 6 heteroatoms. The lowest BCUT2D eigenvalue weighted by atomic mass is 10.0. The Morgan fingerprint density at radius 3 is 2.77 bits per heavy atom. The molecule has 0 bridgehead atoms. The maximum absolute atomic E-state index is 6.20. The Hall–Kier alpha value is -2.37. The molecule has 2 aliphatic rings. The van der Waals surface area contributed by atoms with Crippen molar-refractivity contribution < 1.29 is 4.74 Å². The smallest absolute Gasteiger partial charge is 0.210 e. The molecular weight excluding hydrogens is 348 g/mol. The second-order valence-corrected chi connectivity index (χ2v) is 6.91. The molecule has 1 aromatic rings. The van der Waals surface area contributed by atoms with Crippen LogP contribution in [-0.4, -0.2) is 19.7 Å². The average Bonchev–Trinajstić information content (AvgIpc) is 2.68. The molecule has 0 aromatic heterocycles. The summed E-state index contributed by atoms with van der Waals surface area (Å²) in [5.74, 6) is 0.869. The minimum atomic E-state index is 0.377. The Morgan fingerprint density at radius 1 is 1.27 bits per heavy atom. The van der Waals surface area contributed by atoms with Gasteiger partial charge in [0.1, 0.15) is 5.70 Å². The third-order valence-electron chi connectivity index (χ3n) is 4.47. The Kier molecular flexibility index (Phi) is 6.26. The normalized spacial score (nSPS) is 23.1. The van der Waals surface area contributed by atoms with E-state index in [2.05, 4.69) is 22.5 Å². The van der Waals surface area contributed by atoms with E-state index in [0.717, 1.165) is 36.3 Å². The maximum atomic E-state index is 6.20. The Labute approximate surface area is 159 Å². The van der Waals surface area contributed by atoms with Crippen molar-refractivity contribution in [3.63, 3.8) is 0 Å². The van der Waals surface area contributed by atoms with E-state index in [1.165, 1.54) is 6.42 Å². The van der Waals surface area contributed by atoms with Gasteiger partial charge in [-0.25, -0.2) is 0 Å². The SMILES string of the molecule is C=C(/C=C1/NC=CN/C1=C(/N)OC[C@H]1CCCNC1)c1ccc(Cl)cc1. The van der Waals surface area contributed by atoms with E-state index >= 15 is 0 Å². The molecule has 0 spiro atoms. The lowest BCUT2D eigenvalue weighted by Gasteiger charge is -2.24. The fourth-order valence-electron chi connectivity index (χ4n) is 2.99. The fraction of sp³-hybridized carbons (Fsp3) is 0.300. The van der Waals surface area contributed by atoms with Gasteiger partial charge in [-0.05, 0) is 48.7 Å². The van der Waals surface area contributed by atoms with Gasteiger partial charge in [0.15, 0.2) is 0 Å². The highest BCUT2D eigenvalue weighted by atomic mass is 35.5. The summed E-state index contributed by atoms with van der Waals surface area (Å²) < 4.78 is 5.85. The summed E-state index contributed by atoms with van der Waals surface area (Å²) in [6.45, 7) is 6.81. The van der Waals surface area contributed by atoms with Gasteiger partial charge in [-0.15, -0.1) is 0 Å². The maximum Gasteiger partial charge on any atom is 0.210 e. The van der Waals surface area contributed by atoms with E-state index < -0.39 is 0 Å². The van der Waals surface area contributed by atoms with Crippen molar-refractivity contribution in [2.75, 3.05) is 19.7 Å². The van der Waals surface area contributed by atoms with Crippen molar-refractivity contribution in [2.24, 2.45) is 11.7 Å².